The first-order valence-corrected chi connectivity index (χ1v) is 10.4. The van der Waals surface area contributed by atoms with E-state index in [9.17, 15) is 9.18 Å². The Morgan fingerprint density at radius 1 is 1.23 bits per heavy atom. The average molecular weight is 447 g/mol. The van der Waals surface area contributed by atoms with Crippen molar-refractivity contribution < 1.29 is 23.4 Å². The maximum absolute atomic E-state index is 14.6. The Labute approximate surface area is 185 Å². The standard InChI is InChI=1S/C23H24ClFN2O4/c1-22(2,3)31-21(28)27-11-9-14(10-12-27)16-6-7-17(25)20-19(16)29-23(4,30-20)18-8-5-15(24)13-26-18/h5-9,13H,10-12H2,1-4H3. The third-order valence-corrected chi connectivity index (χ3v) is 5.28. The predicted molar refractivity (Wildman–Crippen MR) is 115 cm³/mol. The van der Waals surface area contributed by atoms with Gasteiger partial charge in [0.25, 0.3) is 5.79 Å². The molecule has 2 aliphatic rings. The van der Waals surface area contributed by atoms with Crippen LogP contribution < -0.4 is 9.47 Å². The van der Waals surface area contributed by atoms with Crippen LogP contribution in [0.2, 0.25) is 5.02 Å². The van der Waals surface area contributed by atoms with Crippen LogP contribution in [-0.4, -0.2) is 34.7 Å². The molecule has 2 aromatic rings. The highest BCUT2D eigenvalue weighted by molar-refractivity contribution is 6.30. The maximum atomic E-state index is 14.6. The summed E-state index contributed by atoms with van der Waals surface area (Å²) in [6.07, 6.45) is 3.65. The number of aromatic nitrogens is 1. The van der Waals surface area contributed by atoms with Gasteiger partial charge in [0, 0.05) is 31.8 Å². The van der Waals surface area contributed by atoms with E-state index in [1.165, 1.54) is 12.3 Å². The van der Waals surface area contributed by atoms with E-state index in [2.05, 4.69) is 4.98 Å². The van der Waals surface area contributed by atoms with Gasteiger partial charge < -0.3 is 19.1 Å². The number of hydrogen-bond donors (Lipinski definition) is 0. The lowest BCUT2D eigenvalue weighted by atomic mass is 9.98. The molecule has 4 rings (SSSR count). The van der Waals surface area contributed by atoms with Crippen LogP contribution in [0, 0.1) is 5.82 Å². The number of rotatable bonds is 2. The summed E-state index contributed by atoms with van der Waals surface area (Å²) in [6, 6.07) is 6.40. The Hall–Kier alpha value is -2.80. The fourth-order valence-corrected chi connectivity index (χ4v) is 3.67. The number of amides is 1. The van der Waals surface area contributed by atoms with Crippen LogP contribution in [0.1, 0.15) is 45.4 Å². The molecule has 0 saturated carbocycles. The average Bonchev–Trinajstić information content (AvgIpc) is 3.07. The van der Waals surface area contributed by atoms with Gasteiger partial charge in [-0.15, -0.1) is 0 Å². The first kappa shape index (κ1) is 21.4. The van der Waals surface area contributed by atoms with Crippen molar-refractivity contribution in [3.05, 3.63) is 58.6 Å². The highest BCUT2D eigenvalue weighted by atomic mass is 35.5. The molecule has 31 heavy (non-hydrogen) atoms. The summed E-state index contributed by atoms with van der Waals surface area (Å²) in [5, 5.41) is 0.483. The maximum Gasteiger partial charge on any atom is 0.410 e. The summed E-state index contributed by atoms with van der Waals surface area (Å²) in [5.41, 5.74) is 1.61. The molecule has 1 atom stereocenters. The molecule has 0 radical (unpaired) electrons. The minimum Gasteiger partial charge on any atom is -0.444 e. The van der Waals surface area contributed by atoms with Crippen LogP contribution in [0.3, 0.4) is 0 Å². The molecule has 1 unspecified atom stereocenters. The molecule has 164 valence electrons. The van der Waals surface area contributed by atoms with E-state index in [0.29, 0.717) is 36.0 Å². The third-order valence-electron chi connectivity index (χ3n) is 5.06. The molecule has 8 heteroatoms. The van der Waals surface area contributed by atoms with E-state index in [1.54, 1.807) is 30.0 Å². The lowest BCUT2D eigenvalue weighted by Gasteiger charge is -2.30. The van der Waals surface area contributed by atoms with Crippen molar-refractivity contribution in [1.82, 2.24) is 9.88 Å². The minimum absolute atomic E-state index is 0.0484. The largest absolute Gasteiger partial charge is 0.444 e. The highest BCUT2D eigenvalue weighted by Gasteiger charge is 2.43. The molecule has 6 nitrogen and oxygen atoms in total. The van der Waals surface area contributed by atoms with Crippen LogP contribution in [0.5, 0.6) is 11.5 Å². The second kappa shape index (κ2) is 7.71. The number of hydrogen-bond acceptors (Lipinski definition) is 5. The van der Waals surface area contributed by atoms with Crippen molar-refractivity contribution in [3.8, 4) is 11.5 Å². The number of pyridine rings is 1. The highest BCUT2D eigenvalue weighted by Crippen LogP contribution is 2.49. The second-order valence-corrected chi connectivity index (χ2v) is 9.11. The summed E-state index contributed by atoms with van der Waals surface area (Å²) in [5.74, 6) is -1.41. The zero-order valence-corrected chi connectivity index (χ0v) is 18.6. The van der Waals surface area contributed by atoms with Gasteiger partial charge >= 0.3 is 6.09 Å². The van der Waals surface area contributed by atoms with Crippen LogP contribution in [0.25, 0.3) is 5.57 Å². The van der Waals surface area contributed by atoms with Gasteiger partial charge in [0.15, 0.2) is 11.6 Å². The Kier molecular flexibility index (Phi) is 5.33. The zero-order chi connectivity index (χ0) is 22.4. The fraction of sp³-hybridized carbons (Fsp3) is 0.391. The molecule has 1 amide bonds. The lowest BCUT2D eigenvalue weighted by Crippen LogP contribution is -2.39. The Bertz CT molecular complexity index is 1050. The Morgan fingerprint density at radius 2 is 1.97 bits per heavy atom. The molecule has 0 aliphatic carbocycles. The molecule has 3 heterocycles. The van der Waals surface area contributed by atoms with Crippen LogP contribution in [0.15, 0.2) is 36.5 Å². The zero-order valence-electron chi connectivity index (χ0n) is 17.9. The number of benzene rings is 1. The molecule has 0 N–H and O–H groups in total. The van der Waals surface area contributed by atoms with Crippen LogP contribution in [0.4, 0.5) is 9.18 Å². The van der Waals surface area contributed by atoms with Gasteiger partial charge in [0.05, 0.1) is 5.02 Å². The normalized spacial score (nSPS) is 20.5. The number of carbonyl (C=O) groups is 1. The third kappa shape index (κ3) is 4.32. The number of carbonyl (C=O) groups excluding carboxylic acids is 1. The van der Waals surface area contributed by atoms with E-state index in [-0.39, 0.29) is 11.8 Å². The van der Waals surface area contributed by atoms with Gasteiger partial charge in [-0.1, -0.05) is 17.7 Å². The molecule has 0 saturated heterocycles. The van der Waals surface area contributed by atoms with Crippen molar-refractivity contribution in [2.24, 2.45) is 0 Å². The van der Waals surface area contributed by atoms with Crippen LogP contribution >= 0.6 is 11.6 Å². The Morgan fingerprint density at radius 3 is 2.58 bits per heavy atom. The Balaban J connectivity index is 1.59. The first-order chi connectivity index (χ1) is 14.6. The molecule has 0 fully saturated rings. The molecular formula is C23H24ClFN2O4. The van der Waals surface area contributed by atoms with Crippen molar-refractivity contribution in [2.75, 3.05) is 13.1 Å². The monoisotopic (exact) mass is 446 g/mol. The number of fused-ring (bicyclic) bond motifs is 1. The smallest absolute Gasteiger partial charge is 0.410 e. The van der Waals surface area contributed by atoms with Gasteiger partial charge in [-0.25, -0.2) is 9.18 Å². The summed E-state index contributed by atoms with van der Waals surface area (Å²) in [7, 11) is 0. The summed E-state index contributed by atoms with van der Waals surface area (Å²) < 4.78 is 32.0. The minimum atomic E-state index is -1.28. The topological polar surface area (TPSA) is 60.9 Å². The van der Waals surface area contributed by atoms with E-state index in [1.807, 2.05) is 26.8 Å². The SMILES string of the molecule is CC(C)(C)OC(=O)N1CC=C(c2ccc(F)c3c2OC(C)(c2ccc(Cl)cn2)O3)CC1. The molecular weight excluding hydrogens is 423 g/mol. The quantitative estimate of drug-likeness (QED) is 0.606. The number of nitrogens with zero attached hydrogens (tertiary/aromatic N) is 2. The molecule has 1 aromatic heterocycles. The summed E-state index contributed by atoms with van der Waals surface area (Å²) >= 11 is 5.93. The summed E-state index contributed by atoms with van der Waals surface area (Å²) in [4.78, 5) is 18.2. The number of halogens is 2. The van der Waals surface area contributed by atoms with Gasteiger partial charge in [-0.3, -0.25) is 4.98 Å². The van der Waals surface area contributed by atoms with E-state index < -0.39 is 17.2 Å². The molecule has 0 bridgehead atoms. The van der Waals surface area contributed by atoms with Crippen LogP contribution in [-0.2, 0) is 10.5 Å². The van der Waals surface area contributed by atoms with E-state index in [0.717, 1.165) is 11.1 Å². The lowest BCUT2D eigenvalue weighted by molar-refractivity contribution is -0.0730. The van der Waals surface area contributed by atoms with Gasteiger partial charge in [0.2, 0.25) is 5.75 Å². The number of ether oxygens (including phenoxy) is 3. The molecule has 1 aromatic carbocycles. The first-order valence-electron chi connectivity index (χ1n) is 10.1. The second-order valence-electron chi connectivity index (χ2n) is 8.67. The predicted octanol–water partition coefficient (Wildman–Crippen LogP) is 5.54. The van der Waals surface area contributed by atoms with E-state index >= 15 is 0 Å². The van der Waals surface area contributed by atoms with Gasteiger partial charge in [-0.05, 0) is 57.0 Å². The van der Waals surface area contributed by atoms with Crippen molar-refractivity contribution in [1.29, 1.82) is 0 Å². The fourth-order valence-electron chi connectivity index (χ4n) is 3.55. The summed E-state index contributed by atoms with van der Waals surface area (Å²) in [6.45, 7) is 8.08. The van der Waals surface area contributed by atoms with Crippen molar-refractivity contribution >= 4 is 23.3 Å². The van der Waals surface area contributed by atoms with Crippen molar-refractivity contribution in [3.63, 3.8) is 0 Å². The molecule has 0 spiro atoms. The van der Waals surface area contributed by atoms with Gasteiger partial charge in [-0.2, -0.15) is 0 Å². The van der Waals surface area contributed by atoms with Crippen molar-refractivity contribution in [2.45, 2.75) is 45.5 Å². The molecule has 2 aliphatic heterocycles. The van der Waals surface area contributed by atoms with E-state index in [4.69, 9.17) is 25.8 Å². The van der Waals surface area contributed by atoms with Gasteiger partial charge in [0.1, 0.15) is 11.3 Å².